The summed E-state index contributed by atoms with van der Waals surface area (Å²) in [7, 11) is 1.78. The van der Waals surface area contributed by atoms with Gasteiger partial charge in [-0.2, -0.15) is 5.26 Å². The summed E-state index contributed by atoms with van der Waals surface area (Å²) in [5.74, 6) is -0.322. The zero-order chi connectivity index (χ0) is 9.14. The fourth-order valence-electron chi connectivity index (χ4n) is 1.63. The van der Waals surface area contributed by atoms with Gasteiger partial charge in [0.2, 0.25) is 5.91 Å². The van der Waals surface area contributed by atoms with Crippen LogP contribution in [0.4, 0.5) is 0 Å². The van der Waals surface area contributed by atoms with E-state index in [2.05, 4.69) is 6.07 Å². The van der Waals surface area contributed by atoms with Crippen molar-refractivity contribution in [3.05, 3.63) is 0 Å². The second-order valence-electron chi connectivity index (χ2n) is 3.16. The summed E-state index contributed by atoms with van der Waals surface area (Å²) in [4.78, 5) is 12.7. The van der Waals surface area contributed by atoms with E-state index in [1.165, 1.54) is 0 Å². The van der Waals surface area contributed by atoms with Gasteiger partial charge >= 0.3 is 0 Å². The fourth-order valence-corrected chi connectivity index (χ4v) is 1.63. The second kappa shape index (κ2) is 3.55. The van der Waals surface area contributed by atoms with Crippen LogP contribution < -0.4 is 5.73 Å². The first kappa shape index (κ1) is 9.01. The van der Waals surface area contributed by atoms with E-state index in [-0.39, 0.29) is 18.0 Å². The number of nitrogens with zero attached hydrogens (tertiary/aromatic N) is 2. The average molecular weight is 167 g/mol. The van der Waals surface area contributed by atoms with Gasteiger partial charge in [-0.25, -0.2) is 0 Å². The Labute approximate surface area is 71.9 Å². The molecule has 1 aliphatic heterocycles. The molecule has 4 nitrogen and oxygen atoms in total. The lowest BCUT2D eigenvalue weighted by atomic mass is 9.97. The quantitative estimate of drug-likeness (QED) is 0.590. The molecule has 0 aromatic rings. The zero-order valence-electron chi connectivity index (χ0n) is 7.16. The van der Waals surface area contributed by atoms with Crippen LogP contribution in [0.5, 0.6) is 0 Å². The second-order valence-corrected chi connectivity index (χ2v) is 3.16. The molecular weight excluding hydrogens is 154 g/mol. The Morgan fingerprint density at radius 1 is 1.67 bits per heavy atom. The van der Waals surface area contributed by atoms with E-state index in [1.807, 2.05) is 0 Å². The molecule has 2 N–H and O–H groups in total. The van der Waals surface area contributed by atoms with Crippen molar-refractivity contribution >= 4 is 5.91 Å². The molecule has 1 amide bonds. The predicted molar refractivity (Wildman–Crippen MR) is 44.0 cm³/mol. The van der Waals surface area contributed by atoms with Gasteiger partial charge in [0.15, 0.2) is 0 Å². The molecule has 4 heteroatoms. The molecular formula is C8H13N3O. The maximum absolute atomic E-state index is 10.9. The number of amides is 1. The standard InChI is InChI=1S/C8H13N3O/c1-11-6(5-9)3-2-4-7(11)8(10)12/h6-7H,2-4H2,1H3,(H2,10,12). The van der Waals surface area contributed by atoms with Gasteiger partial charge in [0.1, 0.15) is 0 Å². The number of carbonyl (C=O) groups excluding carboxylic acids is 1. The monoisotopic (exact) mass is 167 g/mol. The van der Waals surface area contributed by atoms with Crippen LogP contribution in [0.25, 0.3) is 0 Å². The van der Waals surface area contributed by atoms with Gasteiger partial charge in [-0.3, -0.25) is 9.69 Å². The molecule has 0 aliphatic carbocycles. The van der Waals surface area contributed by atoms with Crippen molar-refractivity contribution in [1.29, 1.82) is 5.26 Å². The molecule has 1 aliphatic rings. The highest BCUT2D eigenvalue weighted by atomic mass is 16.1. The number of nitrogens with two attached hydrogens (primary N) is 1. The number of nitriles is 1. The Morgan fingerprint density at radius 3 is 2.83 bits per heavy atom. The highest BCUT2D eigenvalue weighted by molar-refractivity contribution is 5.80. The van der Waals surface area contributed by atoms with Crippen LogP contribution in [0.3, 0.4) is 0 Å². The van der Waals surface area contributed by atoms with Gasteiger partial charge in [-0.05, 0) is 26.3 Å². The molecule has 0 spiro atoms. The van der Waals surface area contributed by atoms with Gasteiger partial charge in [0.25, 0.3) is 0 Å². The molecule has 0 saturated carbocycles. The van der Waals surface area contributed by atoms with Gasteiger partial charge < -0.3 is 5.73 Å². The van der Waals surface area contributed by atoms with Crippen LogP contribution in [-0.4, -0.2) is 29.9 Å². The first-order valence-corrected chi connectivity index (χ1v) is 4.07. The molecule has 66 valence electrons. The molecule has 0 radical (unpaired) electrons. The van der Waals surface area contributed by atoms with Crippen molar-refractivity contribution in [3.8, 4) is 6.07 Å². The number of piperidine rings is 1. The van der Waals surface area contributed by atoms with Crippen LogP contribution in [0.15, 0.2) is 0 Å². The van der Waals surface area contributed by atoms with E-state index < -0.39 is 0 Å². The van der Waals surface area contributed by atoms with Crippen LogP contribution in [0, 0.1) is 11.3 Å². The summed E-state index contributed by atoms with van der Waals surface area (Å²) in [6.45, 7) is 0. The molecule has 0 aromatic carbocycles. The summed E-state index contributed by atoms with van der Waals surface area (Å²) >= 11 is 0. The minimum absolute atomic E-state index is 0.142. The van der Waals surface area contributed by atoms with Crippen molar-refractivity contribution in [1.82, 2.24) is 4.90 Å². The lowest BCUT2D eigenvalue weighted by Gasteiger charge is -2.33. The predicted octanol–water partition coefficient (Wildman–Crippen LogP) is -0.152. The number of likely N-dealkylation sites (tertiary alicyclic amines) is 1. The molecule has 1 saturated heterocycles. The Kier molecular flexibility index (Phi) is 2.66. The van der Waals surface area contributed by atoms with Crippen LogP contribution in [0.2, 0.25) is 0 Å². The van der Waals surface area contributed by atoms with Crippen molar-refractivity contribution in [3.63, 3.8) is 0 Å². The first-order valence-electron chi connectivity index (χ1n) is 4.07. The molecule has 1 heterocycles. The van der Waals surface area contributed by atoms with E-state index in [0.29, 0.717) is 0 Å². The van der Waals surface area contributed by atoms with E-state index in [9.17, 15) is 4.79 Å². The minimum atomic E-state index is -0.322. The lowest BCUT2D eigenvalue weighted by Crippen LogP contribution is -2.49. The summed E-state index contributed by atoms with van der Waals surface area (Å²) in [5.41, 5.74) is 5.18. The minimum Gasteiger partial charge on any atom is -0.368 e. The third-order valence-electron chi connectivity index (χ3n) is 2.42. The number of rotatable bonds is 1. The van der Waals surface area contributed by atoms with Gasteiger partial charge in [-0.1, -0.05) is 0 Å². The maximum Gasteiger partial charge on any atom is 0.234 e. The number of primary amides is 1. The van der Waals surface area contributed by atoms with E-state index in [4.69, 9.17) is 11.0 Å². The third-order valence-corrected chi connectivity index (χ3v) is 2.42. The Morgan fingerprint density at radius 2 is 2.33 bits per heavy atom. The SMILES string of the molecule is CN1C(C#N)CCCC1C(N)=O. The van der Waals surface area contributed by atoms with E-state index in [1.54, 1.807) is 11.9 Å². The number of hydrogen-bond acceptors (Lipinski definition) is 3. The fraction of sp³-hybridized carbons (Fsp3) is 0.750. The van der Waals surface area contributed by atoms with Crippen molar-refractivity contribution in [2.45, 2.75) is 31.3 Å². The van der Waals surface area contributed by atoms with Crippen molar-refractivity contribution in [2.75, 3.05) is 7.05 Å². The van der Waals surface area contributed by atoms with Crippen LogP contribution in [-0.2, 0) is 4.79 Å². The van der Waals surface area contributed by atoms with Gasteiger partial charge in [0, 0.05) is 0 Å². The summed E-state index contributed by atoms with van der Waals surface area (Å²) in [5, 5.41) is 8.72. The summed E-state index contributed by atoms with van der Waals surface area (Å²) in [6, 6.07) is 1.77. The Bertz CT molecular complexity index is 221. The normalized spacial score (nSPS) is 31.0. The molecule has 1 fully saturated rings. The third kappa shape index (κ3) is 1.56. The largest absolute Gasteiger partial charge is 0.368 e. The molecule has 2 atom stereocenters. The first-order chi connectivity index (χ1) is 5.66. The highest BCUT2D eigenvalue weighted by Gasteiger charge is 2.30. The van der Waals surface area contributed by atoms with Crippen LogP contribution >= 0.6 is 0 Å². The Balaban J connectivity index is 2.67. The number of likely N-dealkylation sites (N-methyl/N-ethyl adjacent to an activating group) is 1. The molecule has 1 rings (SSSR count). The molecule has 2 unspecified atom stereocenters. The molecule has 0 bridgehead atoms. The smallest absolute Gasteiger partial charge is 0.234 e. The average Bonchev–Trinajstić information content (AvgIpc) is 2.04. The number of carbonyl (C=O) groups is 1. The van der Waals surface area contributed by atoms with Crippen molar-refractivity contribution in [2.24, 2.45) is 5.73 Å². The molecule has 12 heavy (non-hydrogen) atoms. The zero-order valence-corrected chi connectivity index (χ0v) is 7.16. The highest BCUT2D eigenvalue weighted by Crippen LogP contribution is 2.20. The van der Waals surface area contributed by atoms with Crippen molar-refractivity contribution < 1.29 is 4.79 Å². The number of hydrogen-bond donors (Lipinski definition) is 1. The van der Waals surface area contributed by atoms with E-state index >= 15 is 0 Å². The summed E-state index contributed by atoms with van der Waals surface area (Å²) in [6.07, 6.45) is 2.54. The van der Waals surface area contributed by atoms with Gasteiger partial charge in [0.05, 0.1) is 18.2 Å². The Hall–Kier alpha value is -1.08. The van der Waals surface area contributed by atoms with Crippen LogP contribution in [0.1, 0.15) is 19.3 Å². The van der Waals surface area contributed by atoms with E-state index in [0.717, 1.165) is 19.3 Å². The maximum atomic E-state index is 10.9. The lowest BCUT2D eigenvalue weighted by molar-refractivity contribution is -0.124. The topological polar surface area (TPSA) is 70.1 Å². The van der Waals surface area contributed by atoms with Gasteiger partial charge in [-0.15, -0.1) is 0 Å². The summed E-state index contributed by atoms with van der Waals surface area (Å²) < 4.78 is 0. The molecule has 0 aromatic heterocycles.